The molecule has 1 amide bonds. The van der Waals surface area contributed by atoms with Crippen LogP contribution in [0.4, 0.5) is 0 Å². The summed E-state index contributed by atoms with van der Waals surface area (Å²) in [6, 6.07) is 4.42. The van der Waals surface area contributed by atoms with E-state index in [1.165, 1.54) is 10.3 Å². The number of hydrogen-bond donors (Lipinski definition) is 2. The fourth-order valence-electron chi connectivity index (χ4n) is 1.80. The first-order valence-electron chi connectivity index (χ1n) is 6.01. The van der Waals surface area contributed by atoms with Gasteiger partial charge in [-0.05, 0) is 43.0 Å². The van der Waals surface area contributed by atoms with Gasteiger partial charge in [0.1, 0.15) is 0 Å². The van der Waals surface area contributed by atoms with Crippen LogP contribution in [0.25, 0.3) is 10.2 Å². The molecule has 0 aliphatic heterocycles. The van der Waals surface area contributed by atoms with Gasteiger partial charge in [-0.2, -0.15) is 0 Å². The van der Waals surface area contributed by atoms with E-state index >= 15 is 0 Å². The third-order valence-corrected chi connectivity index (χ3v) is 3.73. The lowest BCUT2D eigenvalue weighted by atomic mass is 10.1. The van der Waals surface area contributed by atoms with Gasteiger partial charge in [-0.3, -0.25) is 9.78 Å². The molecule has 3 N–H and O–H groups in total. The number of pyridine rings is 1. The molecule has 0 saturated carbocycles. The molecular formula is C13H17N3OS. The second-order valence-corrected chi connectivity index (χ2v) is 5.27. The van der Waals surface area contributed by atoms with Crippen LogP contribution in [-0.2, 0) is 4.79 Å². The van der Waals surface area contributed by atoms with Crippen LogP contribution < -0.4 is 11.1 Å². The molecule has 2 aromatic rings. The Hall–Kier alpha value is -1.46. The number of nitrogens with two attached hydrogens (primary N) is 1. The maximum atomic E-state index is 10.6. The number of carbonyl (C=O) groups excluding carboxylic acids is 1. The fourth-order valence-corrected chi connectivity index (χ4v) is 2.59. The van der Waals surface area contributed by atoms with Crippen molar-refractivity contribution in [2.24, 2.45) is 5.73 Å². The standard InChI is InChI=1S/C13H17N3OS/c1-9(15-5-2-3-13(14)17)10-7-12-11(16-8-10)4-6-18-12/h4,6-9,15H,2-3,5H2,1H3,(H2,14,17). The Balaban J connectivity index is 1.91. The van der Waals surface area contributed by atoms with Crippen LogP contribution in [0.5, 0.6) is 0 Å². The van der Waals surface area contributed by atoms with E-state index in [-0.39, 0.29) is 11.9 Å². The second kappa shape index (κ2) is 5.93. The molecule has 0 saturated heterocycles. The summed E-state index contributed by atoms with van der Waals surface area (Å²) in [5.74, 6) is -0.244. The van der Waals surface area contributed by atoms with Crippen LogP contribution in [0.3, 0.4) is 0 Å². The van der Waals surface area contributed by atoms with Gasteiger partial charge in [0.05, 0.1) is 10.2 Å². The smallest absolute Gasteiger partial charge is 0.217 e. The van der Waals surface area contributed by atoms with Crippen molar-refractivity contribution in [1.29, 1.82) is 0 Å². The lowest BCUT2D eigenvalue weighted by molar-refractivity contribution is -0.118. The van der Waals surface area contributed by atoms with Crippen LogP contribution in [0.2, 0.25) is 0 Å². The van der Waals surface area contributed by atoms with Gasteiger partial charge in [0.2, 0.25) is 5.91 Å². The Morgan fingerprint density at radius 2 is 2.44 bits per heavy atom. The van der Waals surface area contributed by atoms with Crippen molar-refractivity contribution in [3.05, 3.63) is 29.3 Å². The number of hydrogen-bond acceptors (Lipinski definition) is 4. The summed E-state index contributed by atoms with van der Waals surface area (Å²) in [5.41, 5.74) is 7.31. The number of carbonyl (C=O) groups is 1. The SMILES string of the molecule is CC(NCCCC(N)=O)c1cnc2ccsc2c1. The molecule has 2 rings (SSSR count). The molecule has 1 atom stereocenters. The van der Waals surface area contributed by atoms with E-state index in [1.54, 1.807) is 11.3 Å². The van der Waals surface area contributed by atoms with E-state index in [0.29, 0.717) is 6.42 Å². The number of thiophene rings is 1. The van der Waals surface area contributed by atoms with Crippen molar-refractivity contribution < 1.29 is 4.79 Å². The first-order chi connectivity index (χ1) is 8.66. The first-order valence-corrected chi connectivity index (χ1v) is 6.89. The Morgan fingerprint density at radius 3 is 3.22 bits per heavy atom. The molecule has 0 fully saturated rings. The molecule has 2 aromatic heterocycles. The summed E-state index contributed by atoms with van der Waals surface area (Å²) < 4.78 is 1.21. The number of amides is 1. The minimum Gasteiger partial charge on any atom is -0.370 e. The van der Waals surface area contributed by atoms with Crippen molar-refractivity contribution >= 4 is 27.5 Å². The van der Waals surface area contributed by atoms with E-state index in [4.69, 9.17) is 5.73 Å². The maximum absolute atomic E-state index is 10.6. The van der Waals surface area contributed by atoms with Gasteiger partial charge < -0.3 is 11.1 Å². The molecule has 96 valence electrons. The van der Waals surface area contributed by atoms with Gasteiger partial charge in [-0.15, -0.1) is 11.3 Å². The third kappa shape index (κ3) is 3.27. The molecule has 0 aliphatic rings. The van der Waals surface area contributed by atoms with E-state index in [0.717, 1.165) is 18.5 Å². The Bertz CT molecular complexity index is 538. The average molecular weight is 263 g/mol. The summed E-state index contributed by atoms with van der Waals surface area (Å²) in [6.45, 7) is 2.88. The van der Waals surface area contributed by atoms with Gasteiger partial charge in [0, 0.05) is 18.7 Å². The number of aromatic nitrogens is 1. The van der Waals surface area contributed by atoms with Crippen molar-refractivity contribution in [2.45, 2.75) is 25.8 Å². The van der Waals surface area contributed by atoms with Gasteiger partial charge in [0.25, 0.3) is 0 Å². The van der Waals surface area contributed by atoms with Crippen LogP contribution in [0.15, 0.2) is 23.7 Å². The number of fused-ring (bicyclic) bond motifs is 1. The maximum Gasteiger partial charge on any atom is 0.217 e. The highest BCUT2D eigenvalue weighted by molar-refractivity contribution is 7.17. The Labute approximate surface area is 110 Å². The summed E-state index contributed by atoms with van der Waals surface area (Å²) in [6.07, 6.45) is 3.11. The average Bonchev–Trinajstić information content (AvgIpc) is 2.81. The lowest BCUT2D eigenvalue weighted by Crippen LogP contribution is -2.21. The predicted octanol–water partition coefficient (Wildman–Crippen LogP) is 2.21. The van der Waals surface area contributed by atoms with Crippen molar-refractivity contribution in [3.8, 4) is 0 Å². The van der Waals surface area contributed by atoms with Crippen molar-refractivity contribution in [1.82, 2.24) is 10.3 Å². The molecular weight excluding hydrogens is 246 g/mol. The lowest BCUT2D eigenvalue weighted by Gasteiger charge is -2.13. The second-order valence-electron chi connectivity index (χ2n) is 4.32. The van der Waals surface area contributed by atoms with E-state index in [2.05, 4.69) is 23.3 Å². The summed E-state index contributed by atoms with van der Waals surface area (Å²) in [7, 11) is 0. The van der Waals surface area contributed by atoms with Crippen LogP contribution in [0, 0.1) is 0 Å². The summed E-state index contributed by atoms with van der Waals surface area (Å²) in [5, 5.41) is 5.42. The molecule has 0 aliphatic carbocycles. The van der Waals surface area contributed by atoms with Crippen molar-refractivity contribution in [3.63, 3.8) is 0 Å². The predicted molar refractivity (Wildman–Crippen MR) is 74.5 cm³/mol. The van der Waals surface area contributed by atoms with E-state index < -0.39 is 0 Å². The molecule has 0 spiro atoms. The largest absolute Gasteiger partial charge is 0.370 e. The number of nitrogens with one attached hydrogen (secondary N) is 1. The third-order valence-electron chi connectivity index (χ3n) is 2.87. The molecule has 0 aromatic carbocycles. The summed E-state index contributed by atoms with van der Waals surface area (Å²) >= 11 is 1.70. The van der Waals surface area contributed by atoms with E-state index in [1.807, 2.05) is 17.6 Å². The number of rotatable bonds is 6. The topological polar surface area (TPSA) is 68.0 Å². The molecule has 18 heavy (non-hydrogen) atoms. The van der Waals surface area contributed by atoms with Gasteiger partial charge in [-0.1, -0.05) is 0 Å². The van der Waals surface area contributed by atoms with Crippen molar-refractivity contribution in [2.75, 3.05) is 6.54 Å². The zero-order valence-electron chi connectivity index (χ0n) is 10.3. The molecule has 0 bridgehead atoms. The number of primary amides is 1. The molecule has 5 heteroatoms. The van der Waals surface area contributed by atoms with Crippen LogP contribution in [0.1, 0.15) is 31.4 Å². The fraction of sp³-hybridized carbons (Fsp3) is 0.385. The Kier molecular flexibility index (Phi) is 4.28. The minimum absolute atomic E-state index is 0.233. The quantitative estimate of drug-likeness (QED) is 0.785. The molecule has 2 heterocycles. The highest BCUT2D eigenvalue weighted by Crippen LogP contribution is 2.22. The highest BCUT2D eigenvalue weighted by Gasteiger charge is 2.07. The highest BCUT2D eigenvalue weighted by atomic mass is 32.1. The first kappa shape index (κ1) is 13.0. The molecule has 1 unspecified atom stereocenters. The van der Waals surface area contributed by atoms with Gasteiger partial charge >= 0.3 is 0 Å². The summed E-state index contributed by atoms with van der Waals surface area (Å²) in [4.78, 5) is 15.0. The zero-order valence-corrected chi connectivity index (χ0v) is 11.2. The molecule has 4 nitrogen and oxygen atoms in total. The zero-order chi connectivity index (χ0) is 13.0. The molecule has 0 radical (unpaired) electrons. The van der Waals surface area contributed by atoms with Gasteiger partial charge in [0.15, 0.2) is 0 Å². The Morgan fingerprint density at radius 1 is 1.61 bits per heavy atom. The van der Waals surface area contributed by atoms with Crippen LogP contribution in [-0.4, -0.2) is 17.4 Å². The minimum atomic E-state index is -0.244. The normalized spacial score (nSPS) is 12.7. The monoisotopic (exact) mass is 263 g/mol. The van der Waals surface area contributed by atoms with Gasteiger partial charge in [-0.25, -0.2) is 0 Å². The van der Waals surface area contributed by atoms with Crippen LogP contribution >= 0.6 is 11.3 Å². The van der Waals surface area contributed by atoms with E-state index in [9.17, 15) is 4.79 Å². The number of nitrogens with zero attached hydrogens (tertiary/aromatic N) is 1.